The van der Waals surface area contributed by atoms with Gasteiger partial charge in [-0.3, -0.25) is 4.72 Å². The minimum absolute atomic E-state index is 0.0311. The zero-order valence-electron chi connectivity index (χ0n) is 19.1. The summed E-state index contributed by atoms with van der Waals surface area (Å²) < 4.78 is 35.4. The van der Waals surface area contributed by atoms with Crippen molar-refractivity contribution in [3.05, 3.63) is 102 Å². The van der Waals surface area contributed by atoms with Crippen molar-refractivity contribution < 1.29 is 13.2 Å². The Labute approximate surface area is 200 Å². The summed E-state index contributed by atoms with van der Waals surface area (Å²) in [6, 6.07) is 28.9. The summed E-state index contributed by atoms with van der Waals surface area (Å²) in [6.07, 6.45) is 1.85. The van der Waals surface area contributed by atoms with E-state index < -0.39 is 10.0 Å². The number of hydrogen-bond acceptors (Lipinski definition) is 4. The second kappa shape index (κ2) is 9.49. The molecule has 174 valence electrons. The van der Waals surface area contributed by atoms with E-state index >= 15 is 0 Å². The molecule has 4 aromatic rings. The van der Waals surface area contributed by atoms with Crippen LogP contribution in [0, 0.1) is 0 Å². The van der Waals surface area contributed by atoms with Gasteiger partial charge in [0.1, 0.15) is 11.9 Å². The Balaban J connectivity index is 1.30. The standard InChI is InChI=1S/C28H28N2O3S/c1-20(21-8-3-2-4-9-21)29-19-25-17-15-23-14-16-24(18-27(23)33-25)30-34(31,32)28-13-7-11-22-10-5-6-12-26(22)28/h2-14,16,18,20,25,29-30H,15,17,19H2,1H3/t20-,25?/m1/s1. The van der Waals surface area contributed by atoms with E-state index in [2.05, 4.69) is 29.1 Å². The largest absolute Gasteiger partial charge is 0.489 e. The number of fused-ring (bicyclic) bond motifs is 2. The van der Waals surface area contributed by atoms with Crippen LogP contribution in [0.25, 0.3) is 10.8 Å². The van der Waals surface area contributed by atoms with Gasteiger partial charge < -0.3 is 10.1 Å². The number of ether oxygens (including phenoxy) is 1. The average molecular weight is 473 g/mol. The molecule has 2 N–H and O–H groups in total. The van der Waals surface area contributed by atoms with E-state index in [0.717, 1.165) is 36.1 Å². The minimum Gasteiger partial charge on any atom is -0.489 e. The second-order valence-corrected chi connectivity index (χ2v) is 10.4. The summed E-state index contributed by atoms with van der Waals surface area (Å²) in [6.45, 7) is 2.87. The van der Waals surface area contributed by atoms with Crippen LogP contribution in [-0.4, -0.2) is 21.1 Å². The summed E-state index contributed by atoms with van der Waals surface area (Å²) >= 11 is 0. The van der Waals surface area contributed by atoms with Gasteiger partial charge in [-0.05, 0) is 48.4 Å². The Morgan fingerprint density at radius 2 is 1.71 bits per heavy atom. The van der Waals surface area contributed by atoms with Crippen molar-refractivity contribution in [2.75, 3.05) is 11.3 Å². The van der Waals surface area contributed by atoms with Crippen LogP contribution in [0.5, 0.6) is 5.75 Å². The molecule has 2 atom stereocenters. The molecule has 5 rings (SSSR count). The zero-order valence-corrected chi connectivity index (χ0v) is 19.9. The number of sulfonamides is 1. The van der Waals surface area contributed by atoms with E-state index in [1.165, 1.54) is 5.56 Å². The van der Waals surface area contributed by atoms with Crippen molar-refractivity contribution in [2.24, 2.45) is 0 Å². The van der Waals surface area contributed by atoms with E-state index in [1.807, 2.05) is 54.6 Å². The number of benzene rings is 4. The SMILES string of the molecule is C[C@@H](NCC1CCc2ccc(NS(=O)(=O)c3cccc4ccccc34)cc2O1)c1ccccc1. The van der Waals surface area contributed by atoms with Gasteiger partial charge in [-0.2, -0.15) is 0 Å². The van der Waals surface area contributed by atoms with Crippen molar-refractivity contribution in [1.29, 1.82) is 0 Å². The maximum atomic E-state index is 13.2. The third kappa shape index (κ3) is 4.79. The smallest absolute Gasteiger partial charge is 0.262 e. The van der Waals surface area contributed by atoms with Crippen LogP contribution in [0.2, 0.25) is 0 Å². The summed E-state index contributed by atoms with van der Waals surface area (Å²) in [5, 5.41) is 5.14. The molecule has 34 heavy (non-hydrogen) atoms. The highest BCUT2D eigenvalue weighted by atomic mass is 32.2. The van der Waals surface area contributed by atoms with Gasteiger partial charge in [0, 0.05) is 24.0 Å². The summed E-state index contributed by atoms with van der Waals surface area (Å²) in [5.74, 6) is 0.739. The van der Waals surface area contributed by atoms with Crippen molar-refractivity contribution in [3.8, 4) is 5.75 Å². The van der Waals surface area contributed by atoms with E-state index in [0.29, 0.717) is 11.1 Å². The minimum atomic E-state index is -3.75. The van der Waals surface area contributed by atoms with Gasteiger partial charge in [0.25, 0.3) is 10.0 Å². The number of nitrogens with one attached hydrogen (secondary N) is 2. The summed E-state index contributed by atoms with van der Waals surface area (Å²) in [5.41, 5.74) is 2.84. The third-order valence-electron chi connectivity index (χ3n) is 6.34. The second-order valence-electron chi connectivity index (χ2n) is 8.72. The molecule has 0 saturated carbocycles. The van der Waals surface area contributed by atoms with Gasteiger partial charge in [-0.1, -0.05) is 72.8 Å². The van der Waals surface area contributed by atoms with Crippen molar-refractivity contribution >= 4 is 26.5 Å². The molecule has 1 unspecified atom stereocenters. The molecule has 0 bridgehead atoms. The lowest BCUT2D eigenvalue weighted by molar-refractivity contribution is 0.167. The molecular weight excluding hydrogens is 444 g/mol. The maximum absolute atomic E-state index is 13.2. The molecule has 1 aliphatic rings. The molecule has 0 saturated heterocycles. The van der Waals surface area contributed by atoms with Crippen LogP contribution < -0.4 is 14.8 Å². The number of aryl methyl sites for hydroxylation is 1. The number of anilines is 1. The quantitative estimate of drug-likeness (QED) is 0.363. The fourth-order valence-electron chi connectivity index (χ4n) is 4.44. The Morgan fingerprint density at radius 1 is 0.941 bits per heavy atom. The van der Waals surface area contributed by atoms with Crippen LogP contribution in [0.1, 0.15) is 30.5 Å². The molecule has 0 aliphatic carbocycles. The topological polar surface area (TPSA) is 67.4 Å². The Kier molecular flexibility index (Phi) is 6.26. The highest BCUT2D eigenvalue weighted by Crippen LogP contribution is 2.32. The van der Waals surface area contributed by atoms with E-state index in [1.54, 1.807) is 24.3 Å². The van der Waals surface area contributed by atoms with Gasteiger partial charge >= 0.3 is 0 Å². The first kappa shape index (κ1) is 22.4. The summed E-state index contributed by atoms with van der Waals surface area (Å²) in [4.78, 5) is 0.265. The molecule has 0 spiro atoms. The van der Waals surface area contributed by atoms with Gasteiger partial charge in [0.2, 0.25) is 0 Å². The predicted octanol–water partition coefficient (Wildman–Crippen LogP) is 5.69. The van der Waals surface area contributed by atoms with Gasteiger partial charge in [0.15, 0.2) is 0 Å². The molecule has 0 amide bonds. The molecule has 1 heterocycles. The van der Waals surface area contributed by atoms with Crippen molar-refractivity contribution in [3.63, 3.8) is 0 Å². The highest BCUT2D eigenvalue weighted by molar-refractivity contribution is 7.93. The van der Waals surface area contributed by atoms with Crippen molar-refractivity contribution in [2.45, 2.75) is 36.8 Å². The van der Waals surface area contributed by atoms with Gasteiger partial charge in [-0.15, -0.1) is 0 Å². The monoisotopic (exact) mass is 472 g/mol. The van der Waals surface area contributed by atoms with Crippen LogP contribution in [0.15, 0.2) is 95.9 Å². The lowest BCUT2D eigenvalue weighted by Gasteiger charge is -2.28. The maximum Gasteiger partial charge on any atom is 0.262 e. The van der Waals surface area contributed by atoms with Crippen LogP contribution in [0.3, 0.4) is 0 Å². The molecule has 4 aromatic carbocycles. The van der Waals surface area contributed by atoms with E-state index in [9.17, 15) is 8.42 Å². The van der Waals surface area contributed by atoms with E-state index in [4.69, 9.17) is 4.74 Å². The number of rotatable bonds is 7. The number of hydrogen-bond donors (Lipinski definition) is 2. The van der Waals surface area contributed by atoms with Crippen LogP contribution in [-0.2, 0) is 16.4 Å². The Morgan fingerprint density at radius 3 is 2.56 bits per heavy atom. The third-order valence-corrected chi connectivity index (χ3v) is 7.78. The molecular formula is C28H28N2O3S. The molecule has 0 fully saturated rings. The molecule has 1 aliphatic heterocycles. The first-order chi connectivity index (χ1) is 16.5. The first-order valence-electron chi connectivity index (χ1n) is 11.6. The molecule has 5 nitrogen and oxygen atoms in total. The molecule has 0 radical (unpaired) electrons. The van der Waals surface area contributed by atoms with E-state index in [-0.39, 0.29) is 17.0 Å². The molecule has 6 heteroatoms. The lowest BCUT2D eigenvalue weighted by Crippen LogP contribution is -2.35. The Hall–Kier alpha value is -3.35. The predicted molar refractivity (Wildman–Crippen MR) is 137 cm³/mol. The first-order valence-corrected chi connectivity index (χ1v) is 13.1. The normalized spacial score (nSPS) is 16.4. The lowest BCUT2D eigenvalue weighted by atomic mass is 10.0. The van der Waals surface area contributed by atoms with Crippen LogP contribution >= 0.6 is 0 Å². The average Bonchev–Trinajstić information content (AvgIpc) is 2.87. The fraction of sp³-hybridized carbons (Fsp3) is 0.214. The van der Waals surface area contributed by atoms with Crippen LogP contribution in [0.4, 0.5) is 5.69 Å². The Bertz CT molecular complexity index is 1400. The summed E-state index contributed by atoms with van der Waals surface area (Å²) in [7, 11) is -3.75. The zero-order chi connectivity index (χ0) is 23.5. The van der Waals surface area contributed by atoms with Gasteiger partial charge in [0.05, 0.1) is 10.6 Å². The van der Waals surface area contributed by atoms with Crippen molar-refractivity contribution in [1.82, 2.24) is 5.32 Å². The highest BCUT2D eigenvalue weighted by Gasteiger charge is 2.22. The van der Waals surface area contributed by atoms with Gasteiger partial charge in [-0.25, -0.2) is 8.42 Å². The molecule has 0 aromatic heterocycles. The fourth-order valence-corrected chi connectivity index (χ4v) is 5.72.